The Labute approximate surface area is 182 Å². The van der Waals surface area contributed by atoms with Crippen molar-refractivity contribution in [1.82, 2.24) is 0 Å². The highest BCUT2D eigenvalue weighted by Gasteiger charge is 2.32. The number of hydrogen-bond donors (Lipinski definition) is 2. The molecule has 7 nitrogen and oxygen atoms in total. The minimum absolute atomic E-state index is 0.0542. The number of benzene rings is 2. The van der Waals surface area contributed by atoms with E-state index in [1.165, 1.54) is 16.2 Å². The molecule has 7 heteroatoms. The van der Waals surface area contributed by atoms with E-state index in [-0.39, 0.29) is 5.91 Å². The van der Waals surface area contributed by atoms with Crippen LogP contribution in [0.2, 0.25) is 0 Å². The van der Waals surface area contributed by atoms with Crippen molar-refractivity contribution in [1.29, 1.82) is 0 Å². The van der Waals surface area contributed by atoms with E-state index in [2.05, 4.69) is 34.5 Å². The average Bonchev–Trinajstić information content (AvgIpc) is 3.27. The summed E-state index contributed by atoms with van der Waals surface area (Å²) < 4.78 is 16.8. The molecule has 2 aromatic rings. The fraction of sp³-hybridized carbons (Fsp3) is 0.458. The molecule has 1 unspecified atom stereocenters. The second kappa shape index (κ2) is 9.16. The third kappa shape index (κ3) is 4.62. The molecule has 3 heterocycles. The van der Waals surface area contributed by atoms with Crippen LogP contribution in [0.3, 0.4) is 0 Å². The summed E-state index contributed by atoms with van der Waals surface area (Å²) >= 11 is 0. The van der Waals surface area contributed by atoms with Crippen LogP contribution in [-0.4, -0.2) is 58.5 Å². The molecule has 0 bridgehead atoms. The second-order valence-corrected chi connectivity index (χ2v) is 8.38. The molecule has 0 aliphatic carbocycles. The van der Waals surface area contributed by atoms with Crippen molar-refractivity contribution in [2.24, 2.45) is 0 Å². The van der Waals surface area contributed by atoms with Crippen LogP contribution in [0.1, 0.15) is 24.4 Å². The summed E-state index contributed by atoms with van der Waals surface area (Å²) in [4.78, 5) is 16.4. The van der Waals surface area contributed by atoms with E-state index in [0.29, 0.717) is 25.8 Å². The Bertz CT molecular complexity index is 912. The zero-order valence-corrected chi connectivity index (χ0v) is 17.8. The molecule has 1 amide bonds. The fourth-order valence-electron chi connectivity index (χ4n) is 4.79. The lowest BCUT2D eigenvalue weighted by atomic mass is 10.0. The molecule has 31 heavy (non-hydrogen) atoms. The SMILES string of the molecule is O=C(C[NH+]1CCC[C@@H]1c1ccc2c(c1)OCCO2)Nc1ccc(N2CCOCC2)cc1. The number of morpholine rings is 1. The Kier molecular flexibility index (Phi) is 5.95. The highest BCUT2D eigenvalue weighted by molar-refractivity contribution is 5.91. The van der Waals surface area contributed by atoms with Gasteiger partial charge in [0.15, 0.2) is 18.0 Å². The summed E-state index contributed by atoms with van der Waals surface area (Å²) in [6, 6.07) is 14.6. The van der Waals surface area contributed by atoms with Gasteiger partial charge in [0.1, 0.15) is 19.3 Å². The number of nitrogens with one attached hydrogen (secondary N) is 2. The molecule has 3 aliphatic rings. The van der Waals surface area contributed by atoms with Crippen molar-refractivity contribution in [2.75, 3.05) is 62.8 Å². The van der Waals surface area contributed by atoms with E-state index < -0.39 is 0 Å². The monoisotopic (exact) mass is 424 g/mol. The number of carbonyl (C=O) groups excluding carboxylic acids is 1. The first-order valence-electron chi connectivity index (χ1n) is 11.2. The summed E-state index contributed by atoms with van der Waals surface area (Å²) in [7, 11) is 0. The average molecular weight is 425 g/mol. The lowest BCUT2D eigenvalue weighted by Gasteiger charge is -2.29. The summed E-state index contributed by atoms with van der Waals surface area (Å²) in [5.41, 5.74) is 3.24. The minimum Gasteiger partial charge on any atom is -0.486 e. The molecular formula is C24H30N3O4+. The highest BCUT2D eigenvalue weighted by atomic mass is 16.6. The first-order chi connectivity index (χ1) is 15.3. The number of quaternary nitrogens is 1. The smallest absolute Gasteiger partial charge is 0.279 e. The maximum Gasteiger partial charge on any atom is 0.279 e. The third-order valence-corrected chi connectivity index (χ3v) is 6.37. The van der Waals surface area contributed by atoms with Gasteiger partial charge >= 0.3 is 0 Å². The number of ether oxygens (including phenoxy) is 3. The number of likely N-dealkylation sites (tertiary alicyclic amines) is 1. The van der Waals surface area contributed by atoms with Crippen molar-refractivity contribution in [2.45, 2.75) is 18.9 Å². The first-order valence-corrected chi connectivity index (χ1v) is 11.2. The predicted molar refractivity (Wildman–Crippen MR) is 118 cm³/mol. The van der Waals surface area contributed by atoms with Gasteiger partial charge in [-0.3, -0.25) is 4.79 Å². The molecule has 2 aromatic carbocycles. The van der Waals surface area contributed by atoms with Crippen LogP contribution >= 0.6 is 0 Å². The summed E-state index contributed by atoms with van der Waals surface area (Å²) in [5, 5.41) is 3.07. The predicted octanol–water partition coefficient (Wildman–Crippen LogP) is 1.65. The largest absolute Gasteiger partial charge is 0.486 e. The number of carbonyl (C=O) groups is 1. The Balaban J connectivity index is 1.20. The molecule has 0 aromatic heterocycles. The maximum atomic E-state index is 12.8. The number of hydrogen-bond acceptors (Lipinski definition) is 5. The van der Waals surface area contributed by atoms with Gasteiger partial charge in [-0.25, -0.2) is 0 Å². The van der Waals surface area contributed by atoms with E-state index in [4.69, 9.17) is 14.2 Å². The van der Waals surface area contributed by atoms with Gasteiger partial charge in [-0.05, 0) is 42.5 Å². The van der Waals surface area contributed by atoms with Gasteiger partial charge in [0.05, 0.1) is 19.8 Å². The van der Waals surface area contributed by atoms with Crippen molar-refractivity contribution in [3.05, 3.63) is 48.0 Å². The van der Waals surface area contributed by atoms with Crippen molar-refractivity contribution >= 4 is 17.3 Å². The van der Waals surface area contributed by atoms with Gasteiger partial charge in [0, 0.05) is 42.9 Å². The van der Waals surface area contributed by atoms with Gasteiger partial charge < -0.3 is 29.3 Å². The summed E-state index contributed by atoms with van der Waals surface area (Å²) in [5.74, 6) is 1.69. The second-order valence-electron chi connectivity index (χ2n) is 8.38. The molecule has 2 fully saturated rings. The zero-order chi connectivity index (χ0) is 21.0. The Hall–Kier alpha value is -2.77. The lowest BCUT2D eigenvalue weighted by Crippen LogP contribution is -3.11. The van der Waals surface area contributed by atoms with Crippen LogP contribution in [0.15, 0.2) is 42.5 Å². The Morgan fingerprint density at radius 3 is 2.58 bits per heavy atom. The number of amides is 1. The number of nitrogens with zero attached hydrogens (tertiary/aromatic N) is 1. The molecule has 0 radical (unpaired) electrons. The first kappa shape index (κ1) is 20.2. The van der Waals surface area contributed by atoms with Gasteiger partial charge in [-0.15, -0.1) is 0 Å². The number of anilines is 2. The van der Waals surface area contributed by atoms with Gasteiger partial charge in [-0.1, -0.05) is 0 Å². The van der Waals surface area contributed by atoms with Gasteiger partial charge in [0.2, 0.25) is 0 Å². The van der Waals surface area contributed by atoms with Crippen LogP contribution < -0.4 is 24.6 Å². The summed E-state index contributed by atoms with van der Waals surface area (Å²) in [6.07, 6.45) is 2.20. The van der Waals surface area contributed by atoms with Gasteiger partial charge in [-0.2, -0.15) is 0 Å². The molecular weight excluding hydrogens is 394 g/mol. The number of rotatable bonds is 5. The quantitative estimate of drug-likeness (QED) is 0.764. The van der Waals surface area contributed by atoms with Crippen molar-refractivity contribution in [3.8, 4) is 11.5 Å². The Morgan fingerprint density at radius 2 is 1.77 bits per heavy atom. The van der Waals surface area contributed by atoms with Crippen LogP contribution in [0, 0.1) is 0 Å². The van der Waals surface area contributed by atoms with E-state index in [9.17, 15) is 4.79 Å². The van der Waals surface area contributed by atoms with Crippen LogP contribution in [0.5, 0.6) is 11.5 Å². The van der Waals surface area contributed by atoms with E-state index in [0.717, 1.165) is 62.9 Å². The minimum atomic E-state index is 0.0542. The van der Waals surface area contributed by atoms with Crippen LogP contribution in [0.25, 0.3) is 0 Å². The van der Waals surface area contributed by atoms with Crippen LogP contribution in [-0.2, 0) is 9.53 Å². The molecule has 2 atom stereocenters. The molecule has 0 saturated carbocycles. The topological polar surface area (TPSA) is 64.5 Å². The molecule has 2 N–H and O–H groups in total. The molecule has 5 rings (SSSR count). The van der Waals surface area contributed by atoms with E-state index >= 15 is 0 Å². The molecule has 2 saturated heterocycles. The molecule has 3 aliphatic heterocycles. The molecule has 0 spiro atoms. The standard InChI is InChI=1S/C24H29N3O4/c28-24(25-19-4-6-20(7-5-19)26-10-12-29-13-11-26)17-27-9-1-2-21(27)18-3-8-22-23(16-18)31-15-14-30-22/h3-8,16,21H,1-2,9-15,17H2,(H,25,28)/p+1/t21-/m1/s1. The van der Waals surface area contributed by atoms with E-state index in [1.54, 1.807) is 0 Å². The van der Waals surface area contributed by atoms with Crippen LogP contribution in [0.4, 0.5) is 11.4 Å². The Morgan fingerprint density at radius 1 is 1.00 bits per heavy atom. The fourth-order valence-corrected chi connectivity index (χ4v) is 4.79. The highest BCUT2D eigenvalue weighted by Crippen LogP contribution is 2.33. The maximum absolute atomic E-state index is 12.8. The number of fused-ring (bicyclic) bond motifs is 1. The lowest BCUT2D eigenvalue weighted by molar-refractivity contribution is -0.910. The van der Waals surface area contributed by atoms with Crippen molar-refractivity contribution in [3.63, 3.8) is 0 Å². The van der Waals surface area contributed by atoms with E-state index in [1.807, 2.05) is 18.2 Å². The third-order valence-electron chi connectivity index (χ3n) is 6.37. The molecule has 164 valence electrons. The van der Waals surface area contributed by atoms with Crippen molar-refractivity contribution < 1.29 is 23.9 Å². The van der Waals surface area contributed by atoms with Gasteiger partial charge in [0.25, 0.3) is 5.91 Å². The zero-order valence-electron chi connectivity index (χ0n) is 17.8. The normalized spacial score (nSPS) is 22.9. The summed E-state index contributed by atoms with van der Waals surface area (Å²) in [6.45, 7) is 6.00.